The minimum atomic E-state index is -0.277. The molecule has 4 aromatic rings. The standard InChI is InChI=1S/C22H21N5O/c1-3-16-6-9-18(10-7-16)24-22(28)26-19-13-17(8-5-15(19)2)20-14-27-12-4-11-23-21(27)25-20/h4-14H,3H2,1-2H3,(H2,24,26,28). The molecule has 2 heterocycles. The highest BCUT2D eigenvalue weighted by Gasteiger charge is 2.10. The minimum absolute atomic E-state index is 0.277. The number of benzene rings is 2. The van der Waals surface area contributed by atoms with Crippen LogP contribution in [0.15, 0.2) is 67.1 Å². The lowest BCUT2D eigenvalue weighted by Crippen LogP contribution is -2.20. The van der Waals surface area contributed by atoms with Crippen molar-refractivity contribution in [3.05, 3.63) is 78.2 Å². The third kappa shape index (κ3) is 3.71. The number of amides is 2. The monoisotopic (exact) mass is 371 g/mol. The van der Waals surface area contributed by atoms with Crippen molar-refractivity contribution in [1.29, 1.82) is 0 Å². The SMILES string of the molecule is CCc1ccc(NC(=O)Nc2cc(-c3cn4cccnc4n3)ccc2C)cc1. The number of urea groups is 1. The lowest BCUT2D eigenvalue weighted by atomic mass is 10.1. The van der Waals surface area contributed by atoms with E-state index in [1.54, 1.807) is 6.20 Å². The number of aromatic nitrogens is 3. The van der Waals surface area contributed by atoms with Crippen molar-refractivity contribution in [1.82, 2.24) is 14.4 Å². The summed E-state index contributed by atoms with van der Waals surface area (Å²) in [6, 6.07) is 15.3. The van der Waals surface area contributed by atoms with Gasteiger partial charge < -0.3 is 10.6 Å². The normalized spacial score (nSPS) is 10.8. The van der Waals surface area contributed by atoms with Gasteiger partial charge in [0.05, 0.1) is 5.69 Å². The van der Waals surface area contributed by atoms with Gasteiger partial charge in [0.15, 0.2) is 0 Å². The number of imidazole rings is 1. The summed E-state index contributed by atoms with van der Waals surface area (Å²) in [7, 11) is 0. The molecule has 6 nitrogen and oxygen atoms in total. The van der Waals surface area contributed by atoms with Gasteiger partial charge in [-0.1, -0.05) is 31.2 Å². The number of rotatable bonds is 4. The van der Waals surface area contributed by atoms with Gasteiger partial charge in [-0.25, -0.2) is 14.8 Å². The number of fused-ring (bicyclic) bond motifs is 1. The predicted octanol–water partition coefficient (Wildman–Crippen LogP) is 4.91. The van der Waals surface area contributed by atoms with Gasteiger partial charge >= 0.3 is 6.03 Å². The smallest absolute Gasteiger partial charge is 0.308 e. The van der Waals surface area contributed by atoms with Crippen LogP contribution in [0.1, 0.15) is 18.1 Å². The molecular weight excluding hydrogens is 350 g/mol. The van der Waals surface area contributed by atoms with Crippen LogP contribution in [-0.2, 0) is 6.42 Å². The molecule has 6 heteroatoms. The van der Waals surface area contributed by atoms with Crippen molar-refractivity contribution in [2.24, 2.45) is 0 Å². The average molecular weight is 371 g/mol. The van der Waals surface area contributed by atoms with Crippen LogP contribution in [-0.4, -0.2) is 20.4 Å². The van der Waals surface area contributed by atoms with Crippen molar-refractivity contribution < 1.29 is 4.79 Å². The van der Waals surface area contributed by atoms with E-state index in [1.165, 1.54) is 5.56 Å². The maximum atomic E-state index is 12.4. The second kappa shape index (κ2) is 7.52. The lowest BCUT2D eigenvalue weighted by molar-refractivity contribution is 0.262. The van der Waals surface area contributed by atoms with Crippen LogP contribution in [0.4, 0.5) is 16.2 Å². The number of nitrogens with one attached hydrogen (secondary N) is 2. The second-order valence-corrected chi connectivity index (χ2v) is 6.61. The first kappa shape index (κ1) is 17.7. The molecule has 0 saturated heterocycles. The fourth-order valence-corrected chi connectivity index (χ4v) is 2.99. The Labute approximate surface area is 163 Å². The Morgan fingerprint density at radius 3 is 2.68 bits per heavy atom. The third-order valence-corrected chi connectivity index (χ3v) is 4.64. The zero-order valence-corrected chi connectivity index (χ0v) is 15.8. The van der Waals surface area contributed by atoms with Crippen molar-refractivity contribution in [3.63, 3.8) is 0 Å². The fourth-order valence-electron chi connectivity index (χ4n) is 2.99. The molecule has 0 atom stereocenters. The van der Waals surface area contributed by atoms with E-state index >= 15 is 0 Å². The number of carbonyl (C=O) groups excluding carboxylic acids is 1. The molecule has 2 amide bonds. The van der Waals surface area contributed by atoms with Gasteiger partial charge in [0.25, 0.3) is 0 Å². The van der Waals surface area contributed by atoms with Crippen LogP contribution >= 0.6 is 0 Å². The fraction of sp³-hybridized carbons (Fsp3) is 0.136. The molecule has 0 fully saturated rings. The van der Waals surface area contributed by atoms with E-state index in [1.807, 2.05) is 72.2 Å². The summed E-state index contributed by atoms with van der Waals surface area (Å²) in [6.07, 6.45) is 6.51. The molecule has 0 radical (unpaired) electrons. The quantitative estimate of drug-likeness (QED) is 0.535. The summed E-state index contributed by atoms with van der Waals surface area (Å²) in [4.78, 5) is 21.2. The molecule has 0 aliphatic heterocycles. The zero-order chi connectivity index (χ0) is 19.5. The maximum absolute atomic E-state index is 12.4. The number of hydrogen-bond acceptors (Lipinski definition) is 3. The first-order valence-corrected chi connectivity index (χ1v) is 9.20. The van der Waals surface area contributed by atoms with Crippen LogP contribution in [0.25, 0.3) is 17.0 Å². The van der Waals surface area contributed by atoms with Crippen LogP contribution in [0, 0.1) is 6.92 Å². The molecule has 28 heavy (non-hydrogen) atoms. The van der Waals surface area contributed by atoms with Crippen LogP contribution < -0.4 is 10.6 Å². The number of aryl methyl sites for hydroxylation is 2. The molecule has 0 bridgehead atoms. The van der Waals surface area contributed by atoms with Gasteiger partial charge in [-0.3, -0.25) is 4.40 Å². The van der Waals surface area contributed by atoms with Crippen molar-refractivity contribution in [2.75, 3.05) is 10.6 Å². The van der Waals surface area contributed by atoms with Gasteiger partial charge in [0, 0.05) is 35.5 Å². The molecule has 2 aromatic carbocycles. The molecular formula is C22H21N5O. The third-order valence-electron chi connectivity index (χ3n) is 4.64. The van der Waals surface area contributed by atoms with Crippen molar-refractivity contribution >= 4 is 23.2 Å². The second-order valence-electron chi connectivity index (χ2n) is 6.61. The molecule has 0 aliphatic carbocycles. The number of hydrogen-bond donors (Lipinski definition) is 2. The largest absolute Gasteiger partial charge is 0.323 e. The predicted molar refractivity (Wildman–Crippen MR) is 112 cm³/mol. The number of anilines is 2. The molecule has 2 aromatic heterocycles. The van der Waals surface area contributed by atoms with E-state index in [-0.39, 0.29) is 6.03 Å². The highest BCUT2D eigenvalue weighted by Crippen LogP contribution is 2.25. The Balaban J connectivity index is 1.54. The van der Waals surface area contributed by atoms with Crippen LogP contribution in [0.3, 0.4) is 0 Å². The molecule has 2 N–H and O–H groups in total. The Bertz CT molecular complexity index is 1100. The molecule has 140 valence electrons. The summed E-state index contributed by atoms with van der Waals surface area (Å²) >= 11 is 0. The van der Waals surface area contributed by atoms with E-state index < -0.39 is 0 Å². The lowest BCUT2D eigenvalue weighted by Gasteiger charge is -2.11. The summed E-state index contributed by atoms with van der Waals surface area (Å²) in [5, 5.41) is 5.80. The maximum Gasteiger partial charge on any atom is 0.323 e. The average Bonchev–Trinajstić information content (AvgIpc) is 3.14. The topological polar surface area (TPSA) is 71.3 Å². The summed E-state index contributed by atoms with van der Waals surface area (Å²) in [5.74, 6) is 0.640. The van der Waals surface area contributed by atoms with Crippen molar-refractivity contribution in [3.8, 4) is 11.3 Å². The van der Waals surface area contributed by atoms with Crippen molar-refractivity contribution in [2.45, 2.75) is 20.3 Å². The van der Waals surface area contributed by atoms with Gasteiger partial charge in [0.1, 0.15) is 0 Å². The molecule has 0 saturated carbocycles. The Morgan fingerprint density at radius 1 is 1.11 bits per heavy atom. The summed E-state index contributed by atoms with van der Waals surface area (Å²) in [5.41, 5.74) is 5.43. The van der Waals surface area contributed by atoms with Crippen LogP contribution in [0.5, 0.6) is 0 Å². The Hall–Kier alpha value is -3.67. The number of nitrogens with zero attached hydrogens (tertiary/aromatic N) is 3. The minimum Gasteiger partial charge on any atom is -0.308 e. The highest BCUT2D eigenvalue weighted by molar-refractivity contribution is 6.00. The molecule has 0 unspecified atom stereocenters. The first-order chi connectivity index (χ1) is 13.6. The number of carbonyl (C=O) groups is 1. The van der Waals surface area contributed by atoms with Gasteiger partial charge in [-0.2, -0.15) is 0 Å². The van der Waals surface area contributed by atoms with E-state index in [9.17, 15) is 4.79 Å². The highest BCUT2D eigenvalue weighted by atomic mass is 16.2. The Morgan fingerprint density at radius 2 is 1.93 bits per heavy atom. The Kier molecular flexibility index (Phi) is 4.76. The molecule has 0 aliphatic rings. The molecule has 4 rings (SSSR count). The summed E-state index contributed by atoms with van der Waals surface area (Å²) < 4.78 is 1.87. The zero-order valence-electron chi connectivity index (χ0n) is 15.8. The van der Waals surface area contributed by atoms with E-state index in [0.717, 1.165) is 34.6 Å². The van der Waals surface area contributed by atoms with Gasteiger partial charge in [-0.05, 0) is 48.7 Å². The van der Waals surface area contributed by atoms with Gasteiger partial charge in [-0.15, -0.1) is 0 Å². The summed E-state index contributed by atoms with van der Waals surface area (Å²) in [6.45, 7) is 4.06. The van der Waals surface area contributed by atoms with Crippen LogP contribution in [0.2, 0.25) is 0 Å². The first-order valence-electron chi connectivity index (χ1n) is 9.20. The molecule has 0 spiro atoms. The van der Waals surface area contributed by atoms with E-state index in [0.29, 0.717) is 5.78 Å². The van der Waals surface area contributed by atoms with Gasteiger partial charge in [0.2, 0.25) is 5.78 Å². The van der Waals surface area contributed by atoms with E-state index in [2.05, 4.69) is 27.5 Å². The van der Waals surface area contributed by atoms with E-state index in [4.69, 9.17) is 0 Å².